The van der Waals surface area contributed by atoms with Crippen molar-refractivity contribution in [2.24, 2.45) is 0 Å². The summed E-state index contributed by atoms with van der Waals surface area (Å²) in [6, 6.07) is 6.14. The number of methoxy groups -OCH3 is 2. The minimum absolute atomic E-state index is 0.0406. The van der Waals surface area contributed by atoms with Crippen molar-refractivity contribution in [3.05, 3.63) is 41.9 Å². The molecule has 0 radical (unpaired) electrons. The fourth-order valence-corrected chi connectivity index (χ4v) is 4.15. The lowest BCUT2D eigenvalue weighted by Crippen LogP contribution is -2.70. The van der Waals surface area contributed by atoms with Gasteiger partial charge in [-0.15, -0.1) is 0 Å². The first-order valence-corrected chi connectivity index (χ1v) is 9.46. The summed E-state index contributed by atoms with van der Waals surface area (Å²) >= 11 is 0. The molecule has 0 spiro atoms. The summed E-state index contributed by atoms with van der Waals surface area (Å²) in [7, 11) is 3.10. The second-order valence-corrected chi connectivity index (χ2v) is 7.36. The van der Waals surface area contributed by atoms with Crippen molar-refractivity contribution in [2.75, 3.05) is 32.2 Å². The molecule has 4 heterocycles. The number of rotatable bonds is 5. The fraction of sp³-hybridized carbons (Fsp3) is 0.450. The van der Waals surface area contributed by atoms with Gasteiger partial charge in [-0.05, 0) is 24.6 Å². The Morgan fingerprint density at radius 3 is 2.50 bits per heavy atom. The van der Waals surface area contributed by atoms with Crippen LogP contribution >= 0.6 is 0 Å². The first-order chi connectivity index (χ1) is 14.3. The Kier molecular flexibility index (Phi) is 5.17. The van der Waals surface area contributed by atoms with Gasteiger partial charge in [-0.2, -0.15) is 13.2 Å². The standard InChI is InChI=1S/C20H21F3N4O3/c1-29-15-3-4-16(30-2)12(5-15)6-19(28)27-13-7-14(27)10-26(9-13)18-8-17(20(21,22)23)24-11-25-18/h3-5,8,11,13-14H,6-7,9-10H2,1-2H3. The first kappa shape index (κ1) is 20.2. The summed E-state index contributed by atoms with van der Waals surface area (Å²) in [6.07, 6.45) is -2.60. The number of anilines is 1. The van der Waals surface area contributed by atoms with Crippen LogP contribution in [0, 0.1) is 0 Å². The van der Waals surface area contributed by atoms with Crippen LogP contribution in [0.2, 0.25) is 0 Å². The summed E-state index contributed by atoms with van der Waals surface area (Å²) in [5.41, 5.74) is -0.237. The molecule has 2 bridgehead atoms. The number of hydrogen-bond donors (Lipinski definition) is 0. The van der Waals surface area contributed by atoms with Crippen molar-refractivity contribution in [3.63, 3.8) is 0 Å². The lowest BCUT2D eigenvalue weighted by molar-refractivity contribution is -0.145. The van der Waals surface area contributed by atoms with E-state index < -0.39 is 11.9 Å². The summed E-state index contributed by atoms with van der Waals surface area (Å²) in [6.45, 7) is 0.873. The van der Waals surface area contributed by atoms with Gasteiger partial charge in [0.2, 0.25) is 5.91 Å². The highest BCUT2D eigenvalue weighted by Crippen LogP contribution is 2.36. The molecule has 0 saturated carbocycles. The Labute approximate surface area is 171 Å². The zero-order valence-electron chi connectivity index (χ0n) is 16.5. The third-order valence-electron chi connectivity index (χ3n) is 5.58. The molecule has 30 heavy (non-hydrogen) atoms. The van der Waals surface area contributed by atoms with Crippen molar-refractivity contribution in [3.8, 4) is 11.5 Å². The van der Waals surface area contributed by atoms with E-state index in [1.54, 1.807) is 37.3 Å². The number of amides is 1. The van der Waals surface area contributed by atoms with Gasteiger partial charge in [-0.1, -0.05) is 0 Å². The Bertz CT molecular complexity index is 941. The second-order valence-electron chi connectivity index (χ2n) is 7.36. The highest BCUT2D eigenvalue weighted by molar-refractivity contribution is 5.81. The summed E-state index contributed by atoms with van der Waals surface area (Å²) in [4.78, 5) is 23.8. The Morgan fingerprint density at radius 1 is 1.13 bits per heavy atom. The van der Waals surface area contributed by atoms with Gasteiger partial charge in [-0.3, -0.25) is 4.79 Å². The van der Waals surface area contributed by atoms with E-state index in [0.29, 0.717) is 24.6 Å². The molecular formula is C20H21F3N4O3. The van der Waals surface area contributed by atoms with Crippen LogP contribution in [0.3, 0.4) is 0 Å². The molecule has 3 aliphatic rings. The minimum Gasteiger partial charge on any atom is -0.497 e. The third kappa shape index (κ3) is 3.73. The van der Waals surface area contributed by atoms with Gasteiger partial charge in [0.25, 0.3) is 0 Å². The smallest absolute Gasteiger partial charge is 0.433 e. The lowest BCUT2D eigenvalue weighted by atomic mass is 9.86. The number of halogens is 3. The van der Waals surface area contributed by atoms with Gasteiger partial charge in [0.1, 0.15) is 29.3 Å². The van der Waals surface area contributed by atoms with Gasteiger partial charge in [0.15, 0.2) is 0 Å². The molecule has 160 valence electrons. The van der Waals surface area contributed by atoms with Crippen molar-refractivity contribution in [1.29, 1.82) is 0 Å². The van der Waals surface area contributed by atoms with Gasteiger partial charge < -0.3 is 19.3 Å². The van der Waals surface area contributed by atoms with Gasteiger partial charge in [-0.25, -0.2) is 9.97 Å². The van der Waals surface area contributed by atoms with Crippen LogP contribution < -0.4 is 14.4 Å². The molecule has 2 atom stereocenters. The molecule has 2 aromatic rings. The zero-order valence-corrected chi connectivity index (χ0v) is 16.5. The molecule has 10 heteroatoms. The fourth-order valence-electron chi connectivity index (χ4n) is 4.15. The maximum Gasteiger partial charge on any atom is 0.433 e. The molecule has 3 aliphatic heterocycles. The van der Waals surface area contributed by atoms with Crippen LogP contribution in [0.4, 0.5) is 19.0 Å². The van der Waals surface area contributed by atoms with E-state index in [9.17, 15) is 18.0 Å². The average Bonchev–Trinajstić information content (AvgIpc) is 2.73. The molecule has 0 N–H and O–H groups in total. The van der Waals surface area contributed by atoms with Crippen molar-refractivity contribution >= 4 is 11.7 Å². The maximum absolute atomic E-state index is 12.9. The van der Waals surface area contributed by atoms with Crippen LogP contribution in [0.1, 0.15) is 17.7 Å². The summed E-state index contributed by atoms with van der Waals surface area (Å²) < 4.78 is 49.4. The molecule has 3 saturated heterocycles. The second kappa shape index (κ2) is 7.66. The summed E-state index contributed by atoms with van der Waals surface area (Å²) in [5, 5.41) is 0. The molecule has 1 aromatic heterocycles. The van der Waals surface area contributed by atoms with E-state index in [-0.39, 0.29) is 30.2 Å². The molecule has 1 amide bonds. The molecular weight excluding hydrogens is 401 g/mol. The number of piperazine rings is 1. The van der Waals surface area contributed by atoms with Crippen LogP contribution in [-0.4, -0.2) is 60.2 Å². The molecule has 5 rings (SSSR count). The van der Waals surface area contributed by atoms with Crippen molar-refractivity contribution < 1.29 is 27.4 Å². The predicted molar refractivity (Wildman–Crippen MR) is 102 cm³/mol. The van der Waals surface area contributed by atoms with E-state index in [1.807, 2.05) is 4.90 Å². The number of nitrogens with zero attached hydrogens (tertiary/aromatic N) is 4. The SMILES string of the molecule is COc1ccc(OC)c(CC(=O)N2C3CC2CN(c2cc(C(F)(F)F)ncn2)C3)c1. The van der Waals surface area contributed by atoms with Gasteiger partial charge in [0.05, 0.1) is 32.7 Å². The van der Waals surface area contributed by atoms with E-state index in [4.69, 9.17) is 9.47 Å². The number of hydrogen-bond acceptors (Lipinski definition) is 6. The number of aromatic nitrogens is 2. The van der Waals surface area contributed by atoms with E-state index in [0.717, 1.165) is 24.4 Å². The molecule has 7 nitrogen and oxygen atoms in total. The number of alkyl halides is 3. The number of carbonyl (C=O) groups excluding carboxylic acids is 1. The number of ether oxygens (including phenoxy) is 2. The Balaban J connectivity index is 1.45. The highest BCUT2D eigenvalue weighted by Gasteiger charge is 2.47. The number of fused-ring (bicyclic) bond motifs is 2. The molecule has 2 unspecified atom stereocenters. The normalized spacial score (nSPS) is 20.6. The lowest BCUT2D eigenvalue weighted by Gasteiger charge is -2.56. The highest BCUT2D eigenvalue weighted by atomic mass is 19.4. The van der Waals surface area contributed by atoms with Gasteiger partial charge >= 0.3 is 6.18 Å². The number of carbonyl (C=O) groups is 1. The largest absolute Gasteiger partial charge is 0.497 e. The maximum atomic E-state index is 12.9. The van der Waals surface area contributed by atoms with E-state index in [2.05, 4.69) is 9.97 Å². The molecule has 3 fully saturated rings. The van der Waals surface area contributed by atoms with Crippen molar-refractivity contribution in [2.45, 2.75) is 31.1 Å². The quantitative estimate of drug-likeness (QED) is 0.738. The van der Waals surface area contributed by atoms with Crippen molar-refractivity contribution in [1.82, 2.24) is 14.9 Å². The van der Waals surface area contributed by atoms with Crippen LogP contribution in [0.25, 0.3) is 0 Å². The van der Waals surface area contributed by atoms with Crippen LogP contribution in [0.5, 0.6) is 11.5 Å². The Hall–Kier alpha value is -3.04. The number of piperidine rings is 1. The third-order valence-corrected chi connectivity index (χ3v) is 5.58. The Morgan fingerprint density at radius 2 is 1.87 bits per heavy atom. The molecule has 1 aromatic carbocycles. The van der Waals surface area contributed by atoms with E-state index >= 15 is 0 Å². The van der Waals surface area contributed by atoms with Crippen LogP contribution in [-0.2, 0) is 17.4 Å². The predicted octanol–water partition coefficient (Wildman–Crippen LogP) is 2.54. The van der Waals surface area contributed by atoms with E-state index in [1.165, 1.54) is 0 Å². The zero-order chi connectivity index (χ0) is 21.5. The topological polar surface area (TPSA) is 67.8 Å². The molecule has 0 aliphatic carbocycles. The number of benzene rings is 1. The first-order valence-electron chi connectivity index (χ1n) is 9.46. The summed E-state index contributed by atoms with van der Waals surface area (Å²) in [5.74, 6) is 1.43. The average molecular weight is 422 g/mol. The minimum atomic E-state index is -4.52. The van der Waals surface area contributed by atoms with Crippen LogP contribution in [0.15, 0.2) is 30.6 Å². The monoisotopic (exact) mass is 422 g/mol. The van der Waals surface area contributed by atoms with Gasteiger partial charge in [0, 0.05) is 24.7 Å².